The van der Waals surface area contributed by atoms with Crippen molar-refractivity contribution in [2.24, 2.45) is 11.7 Å². The van der Waals surface area contributed by atoms with E-state index in [9.17, 15) is 4.79 Å². The number of nitrogens with two attached hydrogens (primary N) is 1. The fourth-order valence-corrected chi connectivity index (χ4v) is 3.49. The van der Waals surface area contributed by atoms with Crippen LogP contribution < -0.4 is 5.73 Å². The van der Waals surface area contributed by atoms with E-state index < -0.39 is 6.04 Å². The van der Waals surface area contributed by atoms with E-state index in [0.29, 0.717) is 12.3 Å². The molecule has 0 aliphatic carbocycles. The lowest BCUT2D eigenvalue weighted by atomic mass is 9.90. The van der Waals surface area contributed by atoms with Crippen molar-refractivity contribution in [2.45, 2.75) is 31.7 Å². The first-order valence-corrected chi connectivity index (χ1v) is 8.84. The largest absolute Gasteiger partial charge is 0.341 e. The molecule has 24 heavy (non-hydrogen) atoms. The Morgan fingerprint density at radius 1 is 0.958 bits per heavy atom. The summed E-state index contributed by atoms with van der Waals surface area (Å²) in [7, 11) is 0. The molecule has 0 aromatic heterocycles. The van der Waals surface area contributed by atoms with E-state index in [4.69, 9.17) is 5.73 Å². The average molecular weight is 322 g/mol. The van der Waals surface area contributed by atoms with Crippen molar-refractivity contribution < 1.29 is 4.79 Å². The molecule has 1 aliphatic rings. The van der Waals surface area contributed by atoms with Crippen LogP contribution in [0.5, 0.6) is 0 Å². The molecule has 1 saturated heterocycles. The molecule has 3 heteroatoms. The molecular formula is C21H26N2O. The van der Waals surface area contributed by atoms with Gasteiger partial charge in [0, 0.05) is 13.1 Å². The summed E-state index contributed by atoms with van der Waals surface area (Å²) in [6.45, 7) is 1.66. The van der Waals surface area contributed by atoms with Crippen LogP contribution in [0.25, 0.3) is 0 Å². The van der Waals surface area contributed by atoms with Gasteiger partial charge in [-0.15, -0.1) is 0 Å². The number of amides is 1. The van der Waals surface area contributed by atoms with Gasteiger partial charge in [0.05, 0.1) is 6.04 Å². The molecule has 3 nitrogen and oxygen atoms in total. The maximum absolute atomic E-state index is 12.6. The van der Waals surface area contributed by atoms with Gasteiger partial charge in [-0.25, -0.2) is 0 Å². The molecule has 0 bridgehead atoms. The Balaban J connectivity index is 1.48. The minimum absolute atomic E-state index is 0.0945. The topological polar surface area (TPSA) is 46.3 Å². The number of nitrogens with zero attached hydrogens (tertiary/aromatic N) is 1. The molecule has 0 saturated carbocycles. The van der Waals surface area contributed by atoms with E-state index in [1.807, 2.05) is 35.2 Å². The Bertz CT molecular complexity index is 633. The fraction of sp³-hybridized carbons (Fsp3) is 0.381. The van der Waals surface area contributed by atoms with Crippen LogP contribution in [-0.4, -0.2) is 29.9 Å². The van der Waals surface area contributed by atoms with E-state index in [1.54, 1.807) is 0 Å². The summed E-state index contributed by atoms with van der Waals surface area (Å²) in [5, 5.41) is 0. The van der Waals surface area contributed by atoms with Crippen molar-refractivity contribution in [1.82, 2.24) is 4.90 Å². The van der Waals surface area contributed by atoms with Gasteiger partial charge in [0.1, 0.15) is 0 Å². The highest BCUT2D eigenvalue weighted by molar-refractivity contribution is 5.82. The lowest BCUT2D eigenvalue weighted by Gasteiger charge is -2.33. The van der Waals surface area contributed by atoms with E-state index >= 15 is 0 Å². The number of carbonyl (C=O) groups is 1. The van der Waals surface area contributed by atoms with Gasteiger partial charge in [-0.2, -0.15) is 0 Å². The molecule has 3 rings (SSSR count). The number of benzene rings is 2. The third kappa shape index (κ3) is 4.45. The van der Waals surface area contributed by atoms with Crippen molar-refractivity contribution in [3.05, 3.63) is 71.8 Å². The van der Waals surface area contributed by atoms with Gasteiger partial charge in [0.25, 0.3) is 0 Å². The fourth-order valence-electron chi connectivity index (χ4n) is 3.49. The summed E-state index contributed by atoms with van der Waals surface area (Å²) >= 11 is 0. The Morgan fingerprint density at radius 2 is 1.50 bits per heavy atom. The maximum Gasteiger partial charge on any atom is 0.239 e. The Kier molecular flexibility index (Phi) is 5.65. The Labute approximate surface area is 144 Å². The zero-order valence-corrected chi connectivity index (χ0v) is 14.1. The zero-order chi connectivity index (χ0) is 16.8. The first-order chi connectivity index (χ1) is 11.7. The first kappa shape index (κ1) is 16.7. The molecule has 1 atom stereocenters. The number of rotatable bonds is 5. The molecule has 2 aromatic rings. The molecule has 1 heterocycles. The summed E-state index contributed by atoms with van der Waals surface area (Å²) in [4.78, 5) is 14.5. The van der Waals surface area contributed by atoms with Gasteiger partial charge in [-0.05, 0) is 42.7 Å². The predicted molar refractivity (Wildman–Crippen MR) is 97.6 cm³/mol. The molecule has 126 valence electrons. The molecular weight excluding hydrogens is 296 g/mol. The van der Waals surface area contributed by atoms with E-state index in [2.05, 4.69) is 30.3 Å². The van der Waals surface area contributed by atoms with Crippen molar-refractivity contribution in [2.75, 3.05) is 13.1 Å². The molecule has 2 aromatic carbocycles. The smallest absolute Gasteiger partial charge is 0.239 e. The van der Waals surface area contributed by atoms with Crippen molar-refractivity contribution in [1.29, 1.82) is 0 Å². The van der Waals surface area contributed by atoms with Crippen LogP contribution in [-0.2, 0) is 17.6 Å². The van der Waals surface area contributed by atoms with Gasteiger partial charge in [0.15, 0.2) is 0 Å². The van der Waals surface area contributed by atoms with Crippen molar-refractivity contribution in [3.8, 4) is 0 Å². The third-order valence-electron chi connectivity index (χ3n) is 4.91. The van der Waals surface area contributed by atoms with Crippen LogP contribution in [0, 0.1) is 5.92 Å². The van der Waals surface area contributed by atoms with Gasteiger partial charge in [-0.3, -0.25) is 4.79 Å². The molecule has 0 spiro atoms. The highest BCUT2D eigenvalue weighted by Gasteiger charge is 2.26. The summed E-state index contributed by atoms with van der Waals surface area (Å²) in [5.41, 5.74) is 8.66. The van der Waals surface area contributed by atoms with Crippen LogP contribution in [0.1, 0.15) is 24.0 Å². The van der Waals surface area contributed by atoms with Crippen molar-refractivity contribution in [3.63, 3.8) is 0 Å². The molecule has 0 radical (unpaired) electrons. The van der Waals surface area contributed by atoms with Crippen LogP contribution in [0.2, 0.25) is 0 Å². The SMILES string of the molecule is NC(Cc1ccccc1)C(=O)N1CCC(Cc2ccccc2)CC1. The molecule has 2 N–H and O–H groups in total. The van der Waals surface area contributed by atoms with E-state index in [0.717, 1.165) is 37.9 Å². The van der Waals surface area contributed by atoms with Gasteiger partial charge in [0.2, 0.25) is 5.91 Å². The summed E-state index contributed by atoms with van der Waals surface area (Å²) in [6.07, 6.45) is 3.86. The zero-order valence-electron chi connectivity index (χ0n) is 14.1. The van der Waals surface area contributed by atoms with E-state index in [1.165, 1.54) is 5.56 Å². The Morgan fingerprint density at radius 3 is 2.08 bits per heavy atom. The van der Waals surface area contributed by atoms with Gasteiger partial charge < -0.3 is 10.6 Å². The third-order valence-corrected chi connectivity index (χ3v) is 4.91. The quantitative estimate of drug-likeness (QED) is 0.920. The van der Waals surface area contributed by atoms with Crippen molar-refractivity contribution >= 4 is 5.91 Å². The maximum atomic E-state index is 12.6. The van der Waals surface area contributed by atoms with Crippen LogP contribution in [0.15, 0.2) is 60.7 Å². The normalized spacial score (nSPS) is 16.8. The molecule has 1 unspecified atom stereocenters. The van der Waals surface area contributed by atoms with Crippen LogP contribution in [0.3, 0.4) is 0 Å². The van der Waals surface area contributed by atoms with Gasteiger partial charge >= 0.3 is 0 Å². The Hall–Kier alpha value is -2.13. The summed E-state index contributed by atoms with van der Waals surface area (Å²) in [6, 6.07) is 20.2. The molecule has 1 fully saturated rings. The molecule has 1 amide bonds. The predicted octanol–water partition coefficient (Wildman–Crippen LogP) is 3.04. The number of piperidine rings is 1. The lowest BCUT2D eigenvalue weighted by molar-refractivity contribution is -0.133. The second-order valence-electron chi connectivity index (χ2n) is 6.75. The minimum atomic E-state index is -0.432. The minimum Gasteiger partial charge on any atom is -0.341 e. The number of likely N-dealkylation sites (tertiary alicyclic amines) is 1. The lowest BCUT2D eigenvalue weighted by Crippen LogP contribution is -2.48. The summed E-state index contributed by atoms with van der Waals surface area (Å²) < 4.78 is 0. The second kappa shape index (κ2) is 8.11. The number of hydrogen-bond acceptors (Lipinski definition) is 2. The highest BCUT2D eigenvalue weighted by Crippen LogP contribution is 2.22. The second-order valence-corrected chi connectivity index (χ2v) is 6.75. The summed E-state index contributed by atoms with van der Waals surface area (Å²) in [5.74, 6) is 0.763. The van der Waals surface area contributed by atoms with Crippen LogP contribution in [0.4, 0.5) is 0 Å². The molecule has 1 aliphatic heterocycles. The van der Waals surface area contributed by atoms with Gasteiger partial charge in [-0.1, -0.05) is 60.7 Å². The number of carbonyl (C=O) groups excluding carboxylic acids is 1. The monoisotopic (exact) mass is 322 g/mol. The van der Waals surface area contributed by atoms with E-state index in [-0.39, 0.29) is 5.91 Å². The average Bonchev–Trinajstić information content (AvgIpc) is 2.63. The highest BCUT2D eigenvalue weighted by atomic mass is 16.2. The standard InChI is InChI=1S/C21H26N2O/c22-20(16-18-9-5-2-6-10-18)21(24)23-13-11-19(12-14-23)15-17-7-3-1-4-8-17/h1-10,19-20H,11-16,22H2. The first-order valence-electron chi connectivity index (χ1n) is 8.84. The number of hydrogen-bond donors (Lipinski definition) is 1. The van der Waals surface area contributed by atoms with Crippen LogP contribution >= 0.6 is 0 Å².